The Kier molecular flexibility index (Phi) is 4.33. The van der Waals surface area contributed by atoms with Crippen LogP contribution < -0.4 is 10.6 Å². The highest BCUT2D eigenvalue weighted by molar-refractivity contribution is 5.69. The fourth-order valence-corrected chi connectivity index (χ4v) is 2.50. The summed E-state index contributed by atoms with van der Waals surface area (Å²) in [6.07, 6.45) is 5.75. The zero-order valence-electron chi connectivity index (χ0n) is 11.4. The fraction of sp³-hybridized carbons (Fsp3) is 0.667. The van der Waals surface area contributed by atoms with Crippen LogP contribution in [0.4, 0.5) is 17.3 Å². The van der Waals surface area contributed by atoms with Crippen LogP contribution in [0.1, 0.15) is 32.1 Å². The van der Waals surface area contributed by atoms with Gasteiger partial charge < -0.3 is 15.7 Å². The van der Waals surface area contributed by atoms with Crippen LogP contribution >= 0.6 is 0 Å². The first-order chi connectivity index (χ1) is 9.56. The van der Waals surface area contributed by atoms with E-state index in [0.717, 1.165) is 19.3 Å². The molecule has 1 aromatic heterocycles. The number of anilines is 2. The lowest BCUT2D eigenvalue weighted by Crippen LogP contribution is -2.39. The molecular weight excluding hydrogens is 262 g/mol. The van der Waals surface area contributed by atoms with E-state index in [2.05, 4.69) is 20.6 Å². The van der Waals surface area contributed by atoms with Crippen LogP contribution in [0.2, 0.25) is 0 Å². The molecule has 0 amide bonds. The van der Waals surface area contributed by atoms with Crippen molar-refractivity contribution in [2.24, 2.45) is 0 Å². The molecule has 20 heavy (non-hydrogen) atoms. The van der Waals surface area contributed by atoms with Gasteiger partial charge in [-0.25, -0.2) is 9.97 Å². The van der Waals surface area contributed by atoms with Crippen LogP contribution in [0.25, 0.3) is 0 Å². The Labute approximate surface area is 116 Å². The summed E-state index contributed by atoms with van der Waals surface area (Å²) in [6, 6.07) is 0. The molecular formula is C12H19N5O3. The van der Waals surface area contributed by atoms with Crippen molar-refractivity contribution < 1.29 is 10.0 Å². The van der Waals surface area contributed by atoms with Crippen molar-refractivity contribution in [2.45, 2.75) is 37.7 Å². The fourth-order valence-electron chi connectivity index (χ4n) is 2.50. The van der Waals surface area contributed by atoms with Gasteiger partial charge in [0.05, 0.1) is 10.5 Å². The van der Waals surface area contributed by atoms with Crippen molar-refractivity contribution in [3.8, 4) is 0 Å². The Hall–Kier alpha value is -1.96. The zero-order chi connectivity index (χ0) is 14.6. The van der Waals surface area contributed by atoms with E-state index in [4.69, 9.17) is 0 Å². The molecule has 1 aliphatic rings. The molecule has 1 heterocycles. The van der Waals surface area contributed by atoms with E-state index in [1.54, 1.807) is 7.05 Å². The number of hydrogen-bond donors (Lipinski definition) is 3. The van der Waals surface area contributed by atoms with Crippen molar-refractivity contribution in [1.29, 1.82) is 0 Å². The largest absolute Gasteiger partial charge is 0.388 e. The lowest BCUT2D eigenvalue weighted by atomic mass is 9.85. The molecule has 0 atom stereocenters. The summed E-state index contributed by atoms with van der Waals surface area (Å²) >= 11 is 0. The van der Waals surface area contributed by atoms with Gasteiger partial charge in [0.25, 0.3) is 0 Å². The predicted molar refractivity (Wildman–Crippen MR) is 74.8 cm³/mol. The van der Waals surface area contributed by atoms with Gasteiger partial charge in [0.1, 0.15) is 6.33 Å². The average molecular weight is 281 g/mol. The minimum Gasteiger partial charge on any atom is -0.388 e. The number of nitro groups is 1. The highest BCUT2D eigenvalue weighted by atomic mass is 16.6. The smallest absolute Gasteiger partial charge is 0.353 e. The lowest BCUT2D eigenvalue weighted by Gasteiger charge is -2.32. The zero-order valence-corrected chi connectivity index (χ0v) is 11.4. The normalized spacial score (nSPS) is 17.5. The van der Waals surface area contributed by atoms with Gasteiger partial charge in [-0.2, -0.15) is 0 Å². The maximum atomic E-state index is 11.1. The van der Waals surface area contributed by atoms with Crippen LogP contribution in [0.5, 0.6) is 0 Å². The molecule has 0 aromatic carbocycles. The third-order valence-electron chi connectivity index (χ3n) is 3.61. The van der Waals surface area contributed by atoms with Crippen molar-refractivity contribution in [3.63, 3.8) is 0 Å². The molecule has 3 N–H and O–H groups in total. The van der Waals surface area contributed by atoms with Gasteiger partial charge in [-0.15, -0.1) is 0 Å². The van der Waals surface area contributed by atoms with Gasteiger partial charge in [0.15, 0.2) is 0 Å². The van der Waals surface area contributed by atoms with Crippen molar-refractivity contribution in [2.75, 3.05) is 24.2 Å². The minimum atomic E-state index is -0.809. The standard InChI is InChI=1S/C12H19N5O3/c1-13-10-9(17(19)20)11(16-8-15-10)14-7-12(18)5-3-2-4-6-12/h8,18H,2-7H2,1H3,(H2,13,14,15,16). The van der Waals surface area contributed by atoms with E-state index in [0.29, 0.717) is 12.8 Å². The van der Waals surface area contributed by atoms with Crippen LogP contribution in [-0.4, -0.2) is 39.2 Å². The van der Waals surface area contributed by atoms with E-state index in [1.165, 1.54) is 6.33 Å². The molecule has 2 rings (SSSR count). The summed E-state index contributed by atoms with van der Waals surface area (Å²) < 4.78 is 0. The summed E-state index contributed by atoms with van der Waals surface area (Å²) in [5, 5.41) is 27.1. The molecule has 8 nitrogen and oxygen atoms in total. The first kappa shape index (κ1) is 14.4. The monoisotopic (exact) mass is 281 g/mol. The molecule has 1 aromatic rings. The third kappa shape index (κ3) is 3.13. The van der Waals surface area contributed by atoms with Crippen LogP contribution in [-0.2, 0) is 0 Å². The number of rotatable bonds is 5. The van der Waals surface area contributed by atoms with Crippen molar-refractivity contribution in [1.82, 2.24) is 9.97 Å². The van der Waals surface area contributed by atoms with E-state index in [1.807, 2.05) is 0 Å². The van der Waals surface area contributed by atoms with Crippen molar-refractivity contribution >= 4 is 17.3 Å². The van der Waals surface area contributed by atoms with Crippen molar-refractivity contribution in [3.05, 3.63) is 16.4 Å². The number of aliphatic hydroxyl groups is 1. The maximum absolute atomic E-state index is 11.1. The highest BCUT2D eigenvalue weighted by Crippen LogP contribution is 2.31. The first-order valence-electron chi connectivity index (χ1n) is 6.69. The Morgan fingerprint density at radius 2 is 2.00 bits per heavy atom. The molecule has 1 fully saturated rings. The van der Waals surface area contributed by atoms with Gasteiger partial charge in [-0.1, -0.05) is 19.3 Å². The summed E-state index contributed by atoms with van der Waals surface area (Å²) in [5.74, 6) is 0.288. The van der Waals surface area contributed by atoms with Gasteiger partial charge in [0, 0.05) is 13.6 Å². The molecule has 1 saturated carbocycles. The van der Waals surface area contributed by atoms with Gasteiger partial charge in [-0.05, 0) is 12.8 Å². The molecule has 0 bridgehead atoms. The highest BCUT2D eigenvalue weighted by Gasteiger charge is 2.30. The second kappa shape index (κ2) is 6.00. The van der Waals surface area contributed by atoms with E-state index in [9.17, 15) is 15.2 Å². The summed E-state index contributed by atoms with van der Waals surface area (Å²) in [6.45, 7) is 0.258. The summed E-state index contributed by atoms with van der Waals surface area (Å²) in [5.41, 5.74) is -1.01. The molecule has 0 spiro atoms. The number of aromatic nitrogens is 2. The topological polar surface area (TPSA) is 113 Å². The Bertz CT molecular complexity index is 488. The number of nitrogens with one attached hydrogen (secondary N) is 2. The first-order valence-corrected chi connectivity index (χ1v) is 6.69. The summed E-state index contributed by atoms with van der Waals surface area (Å²) in [7, 11) is 1.56. The molecule has 110 valence electrons. The SMILES string of the molecule is CNc1ncnc(NCC2(O)CCCCC2)c1[N+](=O)[O-]. The van der Waals surface area contributed by atoms with Crippen LogP contribution in [0.3, 0.4) is 0 Å². The molecule has 8 heteroatoms. The Morgan fingerprint density at radius 1 is 1.35 bits per heavy atom. The second-order valence-electron chi connectivity index (χ2n) is 5.07. The van der Waals surface area contributed by atoms with Gasteiger partial charge in [-0.3, -0.25) is 10.1 Å². The predicted octanol–water partition coefficient (Wildman–Crippen LogP) is 1.53. The molecule has 0 unspecified atom stereocenters. The molecule has 0 aliphatic heterocycles. The second-order valence-corrected chi connectivity index (χ2v) is 5.07. The quantitative estimate of drug-likeness (QED) is 0.554. The molecule has 0 radical (unpaired) electrons. The average Bonchev–Trinajstić information content (AvgIpc) is 2.45. The lowest BCUT2D eigenvalue weighted by molar-refractivity contribution is -0.383. The molecule has 0 saturated heterocycles. The van der Waals surface area contributed by atoms with Gasteiger partial charge >= 0.3 is 5.69 Å². The minimum absolute atomic E-state index is 0.133. The van der Waals surface area contributed by atoms with Crippen LogP contribution in [0.15, 0.2) is 6.33 Å². The van der Waals surface area contributed by atoms with E-state index < -0.39 is 10.5 Å². The summed E-state index contributed by atoms with van der Waals surface area (Å²) in [4.78, 5) is 18.3. The van der Waals surface area contributed by atoms with Gasteiger partial charge in [0.2, 0.25) is 11.6 Å². The van der Waals surface area contributed by atoms with E-state index >= 15 is 0 Å². The van der Waals surface area contributed by atoms with E-state index in [-0.39, 0.29) is 23.9 Å². The number of nitrogens with zero attached hydrogens (tertiary/aromatic N) is 3. The Balaban J connectivity index is 2.14. The van der Waals surface area contributed by atoms with Crippen LogP contribution in [0, 0.1) is 10.1 Å². The maximum Gasteiger partial charge on any atom is 0.353 e. The molecule has 1 aliphatic carbocycles. The number of hydrogen-bond acceptors (Lipinski definition) is 7. The Morgan fingerprint density at radius 3 is 2.60 bits per heavy atom. The third-order valence-corrected chi connectivity index (χ3v) is 3.61.